The second kappa shape index (κ2) is 2.05. The first-order valence-electron chi connectivity index (χ1n) is 2.75. The van der Waals surface area contributed by atoms with Crippen LogP contribution in [0.25, 0.3) is 0 Å². The van der Waals surface area contributed by atoms with Crippen molar-refractivity contribution in [2.45, 2.75) is 13.0 Å². The lowest BCUT2D eigenvalue weighted by Gasteiger charge is -1.99. The molecule has 4 nitrogen and oxygen atoms in total. The standard InChI is InChI=1S/C5H8N2O2/c1-3(8)4-2-6-5(9)7-4/h4H,2H2,1H3,(H2,6,7,9). The van der Waals surface area contributed by atoms with Crippen LogP contribution in [-0.2, 0) is 4.79 Å². The number of ketones is 1. The van der Waals surface area contributed by atoms with E-state index in [1.165, 1.54) is 6.92 Å². The van der Waals surface area contributed by atoms with Crippen LogP contribution in [0.3, 0.4) is 0 Å². The summed E-state index contributed by atoms with van der Waals surface area (Å²) in [5.74, 6) is -0.00616. The Morgan fingerprint density at radius 1 is 1.78 bits per heavy atom. The van der Waals surface area contributed by atoms with E-state index >= 15 is 0 Å². The minimum absolute atomic E-state index is 0.00616. The summed E-state index contributed by atoms with van der Waals surface area (Å²) in [6.45, 7) is 1.88. The average molecular weight is 128 g/mol. The molecule has 0 aromatic rings. The molecule has 0 aromatic heterocycles. The molecular formula is C5H8N2O2. The largest absolute Gasteiger partial charge is 0.336 e. The van der Waals surface area contributed by atoms with Gasteiger partial charge in [0, 0.05) is 6.54 Å². The average Bonchev–Trinajstić information content (AvgIpc) is 2.14. The van der Waals surface area contributed by atoms with E-state index in [-0.39, 0.29) is 17.9 Å². The molecule has 2 N–H and O–H groups in total. The second-order valence-corrected chi connectivity index (χ2v) is 2.02. The summed E-state index contributed by atoms with van der Waals surface area (Å²) in [6.07, 6.45) is 0. The Kier molecular flexibility index (Phi) is 1.38. The van der Waals surface area contributed by atoms with Crippen molar-refractivity contribution in [1.82, 2.24) is 10.6 Å². The molecule has 2 amide bonds. The fourth-order valence-electron chi connectivity index (χ4n) is 0.700. The molecule has 0 radical (unpaired) electrons. The molecule has 1 aliphatic heterocycles. The summed E-state index contributed by atoms with van der Waals surface area (Å²) < 4.78 is 0. The number of hydrogen-bond acceptors (Lipinski definition) is 2. The highest BCUT2D eigenvalue weighted by molar-refractivity contribution is 5.90. The minimum Gasteiger partial charge on any atom is -0.336 e. The van der Waals surface area contributed by atoms with E-state index in [2.05, 4.69) is 10.6 Å². The lowest BCUT2D eigenvalue weighted by atomic mass is 10.2. The highest BCUT2D eigenvalue weighted by atomic mass is 16.2. The van der Waals surface area contributed by atoms with Crippen LogP contribution in [0.1, 0.15) is 6.92 Å². The van der Waals surface area contributed by atoms with E-state index in [1.54, 1.807) is 0 Å². The topological polar surface area (TPSA) is 58.2 Å². The van der Waals surface area contributed by atoms with Gasteiger partial charge in [-0.2, -0.15) is 0 Å². The second-order valence-electron chi connectivity index (χ2n) is 2.02. The van der Waals surface area contributed by atoms with Gasteiger partial charge in [0.1, 0.15) is 6.04 Å². The monoisotopic (exact) mass is 128 g/mol. The van der Waals surface area contributed by atoms with Crippen molar-refractivity contribution in [1.29, 1.82) is 0 Å². The molecule has 0 spiro atoms. The molecule has 0 bridgehead atoms. The smallest absolute Gasteiger partial charge is 0.315 e. The molecule has 1 saturated heterocycles. The van der Waals surface area contributed by atoms with Gasteiger partial charge in [-0.05, 0) is 6.92 Å². The van der Waals surface area contributed by atoms with Gasteiger partial charge in [0.2, 0.25) is 0 Å². The maximum absolute atomic E-state index is 10.5. The highest BCUT2D eigenvalue weighted by Gasteiger charge is 2.22. The van der Waals surface area contributed by atoms with Crippen LogP contribution in [0.5, 0.6) is 0 Å². The summed E-state index contributed by atoms with van der Waals surface area (Å²) in [4.78, 5) is 20.9. The number of nitrogens with one attached hydrogen (secondary N) is 2. The van der Waals surface area contributed by atoms with Crippen LogP contribution in [0, 0.1) is 0 Å². The van der Waals surface area contributed by atoms with Crippen molar-refractivity contribution >= 4 is 11.8 Å². The summed E-state index contributed by atoms with van der Waals surface area (Å²) in [7, 11) is 0. The van der Waals surface area contributed by atoms with Gasteiger partial charge in [-0.3, -0.25) is 4.79 Å². The lowest BCUT2D eigenvalue weighted by Crippen LogP contribution is -2.32. The van der Waals surface area contributed by atoms with Gasteiger partial charge in [-0.1, -0.05) is 0 Å². The molecule has 1 atom stereocenters. The van der Waals surface area contributed by atoms with Gasteiger partial charge in [0.05, 0.1) is 0 Å². The Hall–Kier alpha value is -1.06. The van der Waals surface area contributed by atoms with Crippen LogP contribution >= 0.6 is 0 Å². The first-order chi connectivity index (χ1) is 4.20. The SMILES string of the molecule is CC(=O)C1CNC(=O)N1. The van der Waals surface area contributed by atoms with Gasteiger partial charge in [-0.25, -0.2) is 4.79 Å². The number of carbonyl (C=O) groups excluding carboxylic acids is 2. The number of amides is 2. The molecule has 1 heterocycles. The Bertz CT molecular complexity index is 155. The normalized spacial score (nSPS) is 25.0. The van der Waals surface area contributed by atoms with E-state index < -0.39 is 0 Å². The maximum Gasteiger partial charge on any atom is 0.315 e. The van der Waals surface area contributed by atoms with Crippen LogP contribution < -0.4 is 10.6 Å². The van der Waals surface area contributed by atoms with Crippen LogP contribution in [0.4, 0.5) is 4.79 Å². The highest BCUT2D eigenvalue weighted by Crippen LogP contribution is 1.90. The zero-order valence-electron chi connectivity index (χ0n) is 5.10. The Morgan fingerprint density at radius 3 is 2.67 bits per heavy atom. The summed E-state index contributed by atoms with van der Waals surface area (Å²) in [5, 5.41) is 4.93. The molecule has 9 heavy (non-hydrogen) atoms. The Labute approximate surface area is 52.6 Å². The molecule has 0 aliphatic carbocycles. The number of urea groups is 1. The van der Waals surface area contributed by atoms with Crippen LogP contribution in [-0.4, -0.2) is 24.4 Å². The first kappa shape index (κ1) is 6.07. The van der Waals surface area contributed by atoms with Gasteiger partial charge < -0.3 is 10.6 Å². The van der Waals surface area contributed by atoms with E-state index in [9.17, 15) is 9.59 Å². The molecule has 4 heteroatoms. The number of rotatable bonds is 1. The third kappa shape index (κ3) is 1.19. The zero-order valence-corrected chi connectivity index (χ0v) is 5.10. The van der Waals surface area contributed by atoms with Gasteiger partial charge in [0.15, 0.2) is 5.78 Å². The first-order valence-corrected chi connectivity index (χ1v) is 2.75. The molecule has 50 valence electrons. The summed E-state index contributed by atoms with van der Waals surface area (Å²) >= 11 is 0. The van der Waals surface area contributed by atoms with E-state index in [0.29, 0.717) is 6.54 Å². The zero-order chi connectivity index (χ0) is 6.85. The number of carbonyl (C=O) groups is 2. The van der Waals surface area contributed by atoms with Gasteiger partial charge in [0.25, 0.3) is 0 Å². The molecule has 1 aliphatic rings. The Balaban J connectivity index is 2.48. The molecule has 1 rings (SSSR count). The number of hydrogen-bond donors (Lipinski definition) is 2. The maximum atomic E-state index is 10.5. The Morgan fingerprint density at radius 2 is 2.44 bits per heavy atom. The van der Waals surface area contributed by atoms with Gasteiger partial charge >= 0.3 is 6.03 Å². The molecular weight excluding hydrogens is 120 g/mol. The van der Waals surface area contributed by atoms with Crippen molar-refractivity contribution in [2.24, 2.45) is 0 Å². The molecule has 0 aromatic carbocycles. The lowest BCUT2D eigenvalue weighted by molar-refractivity contribution is -0.118. The van der Waals surface area contributed by atoms with Gasteiger partial charge in [-0.15, -0.1) is 0 Å². The molecule has 1 unspecified atom stereocenters. The predicted molar refractivity (Wildman–Crippen MR) is 31.0 cm³/mol. The van der Waals surface area contributed by atoms with Crippen molar-refractivity contribution in [3.8, 4) is 0 Å². The van der Waals surface area contributed by atoms with Crippen molar-refractivity contribution in [3.05, 3.63) is 0 Å². The molecule has 1 fully saturated rings. The summed E-state index contributed by atoms with van der Waals surface area (Å²) in [6, 6.07) is -0.562. The molecule has 0 saturated carbocycles. The van der Waals surface area contributed by atoms with E-state index in [0.717, 1.165) is 0 Å². The summed E-state index contributed by atoms with van der Waals surface area (Å²) in [5.41, 5.74) is 0. The number of Topliss-reactive ketones (excluding diaryl/α,β-unsaturated/α-hetero) is 1. The van der Waals surface area contributed by atoms with E-state index in [4.69, 9.17) is 0 Å². The fourth-order valence-corrected chi connectivity index (χ4v) is 0.700. The van der Waals surface area contributed by atoms with Crippen LogP contribution in [0.2, 0.25) is 0 Å². The quantitative estimate of drug-likeness (QED) is 0.488. The fraction of sp³-hybridized carbons (Fsp3) is 0.600. The van der Waals surface area contributed by atoms with Crippen LogP contribution in [0.15, 0.2) is 0 Å². The van der Waals surface area contributed by atoms with Crippen molar-refractivity contribution in [2.75, 3.05) is 6.54 Å². The van der Waals surface area contributed by atoms with E-state index in [1.807, 2.05) is 0 Å². The minimum atomic E-state index is -0.308. The van der Waals surface area contributed by atoms with Crippen molar-refractivity contribution in [3.63, 3.8) is 0 Å². The third-order valence-electron chi connectivity index (χ3n) is 1.26. The predicted octanol–water partition coefficient (Wildman–Crippen LogP) is -0.743. The third-order valence-corrected chi connectivity index (χ3v) is 1.26. The van der Waals surface area contributed by atoms with Crippen molar-refractivity contribution < 1.29 is 9.59 Å².